The molecule has 0 saturated carbocycles. The summed E-state index contributed by atoms with van der Waals surface area (Å²) in [4.78, 5) is 5.29. The van der Waals surface area contributed by atoms with Gasteiger partial charge in [0, 0.05) is 10.9 Å². The van der Waals surface area contributed by atoms with E-state index in [2.05, 4.69) is 10.3 Å². The molecule has 0 bridgehead atoms. The van der Waals surface area contributed by atoms with Gasteiger partial charge >= 0.3 is 6.18 Å². The van der Waals surface area contributed by atoms with Gasteiger partial charge in [-0.15, -0.1) is 11.3 Å². The van der Waals surface area contributed by atoms with E-state index in [0.717, 1.165) is 23.2 Å². The first-order valence-electron chi connectivity index (χ1n) is 6.71. The van der Waals surface area contributed by atoms with Crippen molar-refractivity contribution in [3.8, 4) is 0 Å². The summed E-state index contributed by atoms with van der Waals surface area (Å²) in [5, 5.41) is 3.32. The van der Waals surface area contributed by atoms with Crippen molar-refractivity contribution < 1.29 is 13.2 Å². The molecular weight excluding hydrogens is 297 g/mol. The first-order valence-corrected chi connectivity index (χ1v) is 7.59. The van der Waals surface area contributed by atoms with Crippen molar-refractivity contribution >= 4 is 11.3 Å². The van der Waals surface area contributed by atoms with Crippen molar-refractivity contribution in [2.24, 2.45) is 0 Å². The Kier molecular flexibility index (Phi) is 5.00. The highest BCUT2D eigenvalue weighted by Crippen LogP contribution is 2.31. The lowest BCUT2D eigenvalue weighted by atomic mass is 10.0. The smallest absolute Gasteiger partial charge is 0.309 e. The Morgan fingerprint density at radius 3 is 2.67 bits per heavy atom. The Bertz CT molecular complexity index is 593. The molecule has 0 aliphatic rings. The van der Waals surface area contributed by atoms with Crippen molar-refractivity contribution in [1.82, 2.24) is 10.3 Å². The van der Waals surface area contributed by atoms with E-state index in [9.17, 15) is 13.2 Å². The lowest BCUT2D eigenvalue weighted by Gasteiger charge is -2.18. The zero-order valence-corrected chi connectivity index (χ0v) is 12.7. The summed E-state index contributed by atoms with van der Waals surface area (Å²) in [5.41, 5.74) is 2.76. The summed E-state index contributed by atoms with van der Waals surface area (Å²) in [5.74, 6) is 0. The standard InChI is InChI=1S/C15H17F3N2S/c1-3-19-13(14-10(2)20-9-21-14)8-11-5-4-6-12(7-11)15(16,17)18/h4-7,9,13,19H,3,8H2,1-2H3. The van der Waals surface area contributed by atoms with Crippen LogP contribution in [0.15, 0.2) is 29.8 Å². The van der Waals surface area contributed by atoms with E-state index in [1.54, 1.807) is 11.6 Å². The van der Waals surface area contributed by atoms with Crippen molar-refractivity contribution in [1.29, 1.82) is 0 Å². The number of nitrogens with one attached hydrogen (secondary N) is 1. The Balaban J connectivity index is 2.24. The first kappa shape index (κ1) is 16.0. The minimum Gasteiger partial charge on any atom is -0.309 e. The molecule has 1 aromatic heterocycles. The summed E-state index contributed by atoms with van der Waals surface area (Å²) >= 11 is 1.53. The van der Waals surface area contributed by atoms with Gasteiger partial charge in [-0.1, -0.05) is 25.1 Å². The predicted molar refractivity (Wildman–Crippen MR) is 78.4 cm³/mol. The highest BCUT2D eigenvalue weighted by atomic mass is 32.1. The maximum absolute atomic E-state index is 12.8. The molecule has 114 valence electrons. The second-order valence-corrected chi connectivity index (χ2v) is 5.70. The molecule has 1 heterocycles. The van der Waals surface area contributed by atoms with Crippen LogP contribution in [0.25, 0.3) is 0 Å². The second kappa shape index (κ2) is 6.58. The van der Waals surface area contributed by atoms with Gasteiger partial charge in [0.2, 0.25) is 0 Å². The molecule has 0 saturated heterocycles. The van der Waals surface area contributed by atoms with E-state index in [-0.39, 0.29) is 6.04 Å². The monoisotopic (exact) mass is 314 g/mol. The molecule has 0 aliphatic carbocycles. The lowest BCUT2D eigenvalue weighted by Crippen LogP contribution is -2.23. The highest BCUT2D eigenvalue weighted by Gasteiger charge is 2.30. The molecular formula is C15H17F3N2S. The average Bonchev–Trinajstić information content (AvgIpc) is 2.84. The van der Waals surface area contributed by atoms with Gasteiger partial charge in [0.15, 0.2) is 0 Å². The van der Waals surface area contributed by atoms with Gasteiger partial charge in [-0.05, 0) is 31.5 Å². The number of alkyl halides is 3. The SMILES string of the molecule is CCNC(Cc1cccc(C(F)(F)F)c1)c1scnc1C. The molecule has 2 nitrogen and oxygen atoms in total. The van der Waals surface area contributed by atoms with Gasteiger partial charge in [-0.3, -0.25) is 0 Å². The molecule has 1 atom stereocenters. The van der Waals surface area contributed by atoms with Crippen LogP contribution < -0.4 is 5.32 Å². The Morgan fingerprint density at radius 2 is 2.10 bits per heavy atom. The second-order valence-electron chi connectivity index (χ2n) is 4.81. The molecule has 21 heavy (non-hydrogen) atoms. The summed E-state index contributed by atoms with van der Waals surface area (Å²) in [6.07, 6.45) is -3.79. The number of benzene rings is 1. The van der Waals surface area contributed by atoms with E-state index < -0.39 is 11.7 Å². The molecule has 0 amide bonds. The molecule has 1 aromatic carbocycles. The fraction of sp³-hybridized carbons (Fsp3) is 0.400. The zero-order chi connectivity index (χ0) is 15.5. The number of aromatic nitrogens is 1. The van der Waals surface area contributed by atoms with E-state index in [1.165, 1.54) is 23.5 Å². The normalized spacial score (nSPS) is 13.4. The number of aryl methyl sites for hydroxylation is 1. The van der Waals surface area contributed by atoms with Gasteiger partial charge in [0.1, 0.15) is 0 Å². The largest absolute Gasteiger partial charge is 0.416 e. The van der Waals surface area contributed by atoms with Crippen molar-refractivity contribution in [3.05, 3.63) is 51.5 Å². The molecule has 2 aromatic rings. The van der Waals surface area contributed by atoms with Crippen LogP contribution in [-0.2, 0) is 12.6 Å². The zero-order valence-electron chi connectivity index (χ0n) is 11.9. The maximum atomic E-state index is 12.8. The number of likely N-dealkylation sites (N-methyl/N-ethyl adjacent to an activating group) is 1. The van der Waals surface area contributed by atoms with Crippen LogP contribution in [-0.4, -0.2) is 11.5 Å². The van der Waals surface area contributed by atoms with Crippen LogP contribution in [0.1, 0.15) is 34.7 Å². The van der Waals surface area contributed by atoms with Crippen LogP contribution in [0, 0.1) is 6.92 Å². The summed E-state index contributed by atoms with van der Waals surface area (Å²) in [6.45, 7) is 4.65. The van der Waals surface area contributed by atoms with Crippen LogP contribution in [0.4, 0.5) is 13.2 Å². The Labute approximate surface area is 126 Å². The van der Waals surface area contributed by atoms with E-state index >= 15 is 0 Å². The Hall–Kier alpha value is -1.40. The number of thiazole rings is 1. The third kappa shape index (κ3) is 4.04. The summed E-state index contributed by atoms with van der Waals surface area (Å²) < 4.78 is 38.3. The van der Waals surface area contributed by atoms with Crippen LogP contribution >= 0.6 is 11.3 Å². The fourth-order valence-electron chi connectivity index (χ4n) is 2.26. The third-order valence-electron chi connectivity index (χ3n) is 3.24. The quantitative estimate of drug-likeness (QED) is 0.887. The van der Waals surface area contributed by atoms with Crippen LogP contribution in [0.5, 0.6) is 0 Å². The topological polar surface area (TPSA) is 24.9 Å². The van der Waals surface area contributed by atoms with Crippen molar-refractivity contribution in [2.45, 2.75) is 32.5 Å². The molecule has 0 fully saturated rings. The van der Waals surface area contributed by atoms with Crippen LogP contribution in [0.2, 0.25) is 0 Å². The average molecular weight is 314 g/mol. The van der Waals surface area contributed by atoms with E-state index in [1.807, 2.05) is 13.8 Å². The molecule has 6 heteroatoms. The molecule has 1 N–H and O–H groups in total. The number of rotatable bonds is 5. The Morgan fingerprint density at radius 1 is 1.33 bits per heavy atom. The van der Waals surface area contributed by atoms with Gasteiger partial charge in [-0.2, -0.15) is 13.2 Å². The van der Waals surface area contributed by atoms with Gasteiger partial charge < -0.3 is 5.32 Å². The highest BCUT2D eigenvalue weighted by molar-refractivity contribution is 7.09. The third-order valence-corrected chi connectivity index (χ3v) is 4.29. The minimum absolute atomic E-state index is 0.00835. The van der Waals surface area contributed by atoms with Crippen molar-refractivity contribution in [3.63, 3.8) is 0 Å². The lowest BCUT2D eigenvalue weighted by molar-refractivity contribution is -0.137. The molecule has 1 unspecified atom stereocenters. The summed E-state index contributed by atoms with van der Waals surface area (Å²) in [6, 6.07) is 5.51. The number of nitrogens with zero attached hydrogens (tertiary/aromatic N) is 1. The fourth-order valence-corrected chi connectivity index (χ4v) is 3.14. The van der Waals surface area contributed by atoms with Gasteiger partial charge in [0.05, 0.1) is 16.8 Å². The number of hydrogen-bond donors (Lipinski definition) is 1. The molecule has 0 spiro atoms. The first-order chi connectivity index (χ1) is 9.91. The van der Waals surface area contributed by atoms with Gasteiger partial charge in [-0.25, -0.2) is 4.98 Å². The minimum atomic E-state index is -4.30. The number of halogens is 3. The van der Waals surface area contributed by atoms with E-state index in [0.29, 0.717) is 12.0 Å². The van der Waals surface area contributed by atoms with Crippen molar-refractivity contribution in [2.75, 3.05) is 6.54 Å². The van der Waals surface area contributed by atoms with Crippen LogP contribution in [0.3, 0.4) is 0 Å². The summed E-state index contributed by atoms with van der Waals surface area (Å²) in [7, 11) is 0. The molecule has 2 rings (SSSR count). The number of hydrogen-bond acceptors (Lipinski definition) is 3. The predicted octanol–water partition coefficient (Wildman–Crippen LogP) is 4.36. The maximum Gasteiger partial charge on any atom is 0.416 e. The van der Waals surface area contributed by atoms with Gasteiger partial charge in [0.25, 0.3) is 0 Å². The van der Waals surface area contributed by atoms with E-state index in [4.69, 9.17) is 0 Å². The molecule has 0 radical (unpaired) electrons. The molecule has 0 aliphatic heterocycles.